The molecule has 0 spiro atoms. The molecule has 0 N–H and O–H groups in total. The molecular formula is C40H20ClF51O4. The number of carbonyl (C=O) groups excluding carboxylic acids is 1. The summed E-state index contributed by atoms with van der Waals surface area (Å²) < 4.78 is 713. The average molecular weight is 1570 g/mol. The predicted octanol–water partition coefficient (Wildman–Crippen LogP) is 20.6. The molecule has 56 heteroatoms. The normalized spacial score (nSPS) is 16.1. The van der Waals surface area contributed by atoms with Gasteiger partial charge in [0.15, 0.2) is 11.5 Å². The lowest BCUT2D eigenvalue weighted by Crippen LogP contribution is -2.74. The van der Waals surface area contributed by atoms with Crippen LogP contribution >= 0.6 is 11.6 Å². The molecule has 0 amide bonds. The number of benzene rings is 1. The Morgan fingerprint density at radius 3 is 0.573 bits per heavy atom. The standard InChI is InChI=1S/C40H20ClF51O4/c41-16(93)12-10-13(94-7-1-4-17(42,43)20(48,49)23(54,55)26(60,61)29(66,67)32(72,73)35(78,79)38(84,85)86)15(96-9-3-6-19(46,47)22(52,53)25(58,59)28(64,65)31(70,71)34(76,77)37(82,83)40(90,91)92)14(11-12)95-8-2-5-18(44,45)21(50,51)24(56,57)27(62,63)30(68,69)33(74,75)36(80,81)39(87,88)89/h10-11H,1-9H2. The van der Waals surface area contributed by atoms with Gasteiger partial charge in [-0.05, 0) is 43.0 Å². The van der Waals surface area contributed by atoms with Crippen molar-refractivity contribution in [3.05, 3.63) is 17.7 Å². The first-order chi connectivity index (χ1) is 41.3. The molecular weight excluding hydrogens is 1550 g/mol. The fourth-order valence-electron chi connectivity index (χ4n) is 6.53. The zero-order valence-electron chi connectivity index (χ0n) is 43.3. The molecule has 0 saturated carbocycles. The minimum Gasteiger partial charge on any atom is -0.490 e. The molecule has 568 valence electrons. The van der Waals surface area contributed by atoms with Crippen molar-refractivity contribution < 1.29 is 243 Å². The van der Waals surface area contributed by atoms with E-state index in [1.807, 2.05) is 0 Å². The Balaban J connectivity index is 4.06. The molecule has 0 saturated heterocycles. The molecule has 0 heterocycles. The van der Waals surface area contributed by atoms with Gasteiger partial charge in [-0.1, -0.05) is 0 Å². The number of alkyl halides is 51. The monoisotopic (exact) mass is 1570 g/mol. The van der Waals surface area contributed by atoms with Crippen LogP contribution in [0.15, 0.2) is 12.1 Å². The third-order valence-electron chi connectivity index (χ3n) is 12.3. The lowest BCUT2D eigenvalue weighted by Gasteiger charge is -2.42. The third-order valence-corrected chi connectivity index (χ3v) is 12.5. The first kappa shape index (κ1) is 89.0. The van der Waals surface area contributed by atoms with E-state index in [1.54, 1.807) is 0 Å². The SMILES string of the molecule is O=C(Cl)c1cc(OCCCC(F)(F)C(F)(F)C(F)(F)C(F)(F)C(F)(F)C(F)(F)C(F)(F)C(F)(F)F)c(OCCCC(F)(F)C(F)(F)C(F)(F)C(F)(F)C(F)(F)C(F)(F)C(F)(F)C(F)(F)F)c(OCCCC(F)(F)C(F)(F)C(F)(F)C(F)(F)C(F)(F)C(F)(F)C(F)(F)C(F)(F)F)c1. The van der Waals surface area contributed by atoms with Crippen LogP contribution in [0.25, 0.3) is 0 Å². The van der Waals surface area contributed by atoms with E-state index in [0.717, 1.165) is 0 Å². The summed E-state index contributed by atoms with van der Waals surface area (Å²) in [6.07, 6.45) is -43.1. The maximum absolute atomic E-state index is 14.6. The first-order valence-corrected chi connectivity index (χ1v) is 23.1. The van der Waals surface area contributed by atoms with Crippen LogP contribution in [0.1, 0.15) is 48.9 Å². The first-order valence-electron chi connectivity index (χ1n) is 22.7. The van der Waals surface area contributed by atoms with Gasteiger partial charge in [-0.3, -0.25) is 4.79 Å². The molecule has 0 atom stereocenters. The maximum Gasteiger partial charge on any atom is 0.460 e. The highest BCUT2D eigenvalue weighted by Gasteiger charge is 2.98. The number of halogens is 52. The molecule has 0 fully saturated rings. The van der Waals surface area contributed by atoms with Crippen molar-refractivity contribution in [3.8, 4) is 17.2 Å². The van der Waals surface area contributed by atoms with Crippen LogP contribution < -0.4 is 14.2 Å². The van der Waals surface area contributed by atoms with Crippen molar-refractivity contribution in [1.82, 2.24) is 0 Å². The van der Waals surface area contributed by atoms with Crippen LogP contribution in [-0.4, -0.2) is 168 Å². The average Bonchev–Trinajstić information content (AvgIpc) is 0.709. The second-order valence-corrected chi connectivity index (χ2v) is 19.2. The molecule has 1 aromatic carbocycles. The van der Waals surface area contributed by atoms with Gasteiger partial charge in [0, 0.05) is 24.8 Å². The van der Waals surface area contributed by atoms with E-state index in [0.29, 0.717) is 0 Å². The maximum atomic E-state index is 14.6. The van der Waals surface area contributed by atoms with Gasteiger partial charge >= 0.3 is 143 Å². The summed E-state index contributed by atoms with van der Waals surface area (Å²) in [4.78, 5) is 12.0. The van der Waals surface area contributed by atoms with Crippen molar-refractivity contribution in [1.29, 1.82) is 0 Å². The topological polar surface area (TPSA) is 44.8 Å². The summed E-state index contributed by atoms with van der Waals surface area (Å²) >= 11 is 5.04. The Hall–Kier alpha value is -4.99. The summed E-state index contributed by atoms with van der Waals surface area (Å²) in [7, 11) is 0. The van der Waals surface area contributed by atoms with Crippen LogP contribution in [0.2, 0.25) is 0 Å². The molecule has 4 nitrogen and oxygen atoms in total. The predicted molar refractivity (Wildman–Crippen MR) is 203 cm³/mol. The van der Waals surface area contributed by atoms with Gasteiger partial charge < -0.3 is 14.2 Å². The number of ether oxygens (including phenoxy) is 3. The fourth-order valence-corrected chi connectivity index (χ4v) is 6.64. The fraction of sp³-hybridized carbons (Fsp3) is 0.825. The van der Waals surface area contributed by atoms with Gasteiger partial charge in [-0.15, -0.1) is 0 Å². The molecule has 0 bridgehead atoms. The van der Waals surface area contributed by atoms with E-state index in [4.69, 9.17) is 11.6 Å². The molecule has 1 aromatic rings. The smallest absolute Gasteiger partial charge is 0.460 e. The Bertz CT molecular complexity index is 2730. The molecule has 0 radical (unpaired) electrons. The third kappa shape index (κ3) is 13.3. The zero-order valence-corrected chi connectivity index (χ0v) is 44.1. The van der Waals surface area contributed by atoms with Gasteiger partial charge in [0.05, 0.1) is 19.8 Å². The molecule has 0 unspecified atom stereocenters. The van der Waals surface area contributed by atoms with Crippen LogP contribution in [0.4, 0.5) is 224 Å². The summed E-state index contributed by atoms with van der Waals surface area (Å²) in [5.41, 5.74) is -1.67. The van der Waals surface area contributed by atoms with Crippen LogP contribution in [0.5, 0.6) is 17.2 Å². The zero-order chi connectivity index (χ0) is 77.8. The highest BCUT2D eigenvalue weighted by Crippen LogP contribution is 2.68. The molecule has 0 aliphatic carbocycles. The summed E-state index contributed by atoms with van der Waals surface area (Å²) in [5.74, 6) is -190. The molecule has 96 heavy (non-hydrogen) atoms. The number of hydrogen-bond donors (Lipinski definition) is 0. The second-order valence-electron chi connectivity index (χ2n) is 18.9. The van der Waals surface area contributed by atoms with Gasteiger partial charge in [-0.2, -0.15) is 224 Å². The Morgan fingerprint density at radius 2 is 0.406 bits per heavy atom. The summed E-state index contributed by atoms with van der Waals surface area (Å²) in [6, 6.07) is -0.717. The summed E-state index contributed by atoms with van der Waals surface area (Å²) in [6.45, 7) is -7.28. The van der Waals surface area contributed by atoms with E-state index in [2.05, 4.69) is 14.2 Å². The van der Waals surface area contributed by atoms with E-state index in [1.165, 1.54) is 0 Å². The number of hydrogen-bond acceptors (Lipinski definition) is 4. The van der Waals surface area contributed by atoms with Crippen molar-refractivity contribution in [3.63, 3.8) is 0 Å². The highest BCUT2D eigenvalue weighted by atomic mass is 35.5. The van der Waals surface area contributed by atoms with Crippen molar-refractivity contribution >= 4 is 16.8 Å². The van der Waals surface area contributed by atoms with Crippen molar-refractivity contribution in [2.24, 2.45) is 0 Å². The molecule has 1 rings (SSSR count). The van der Waals surface area contributed by atoms with E-state index >= 15 is 0 Å². The van der Waals surface area contributed by atoms with Crippen LogP contribution in [-0.2, 0) is 0 Å². The summed E-state index contributed by atoms with van der Waals surface area (Å²) in [5, 5.41) is -2.25. The Kier molecular flexibility index (Phi) is 23.4. The largest absolute Gasteiger partial charge is 0.490 e. The Labute approximate surface area is 496 Å². The second kappa shape index (κ2) is 25.3. The number of carbonyl (C=O) groups is 1. The quantitative estimate of drug-likeness (QED) is 0.0392. The van der Waals surface area contributed by atoms with Crippen molar-refractivity contribution in [2.45, 2.75) is 181 Å². The lowest BCUT2D eigenvalue weighted by molar-refractivity contribution is -0.461. The molecule has 0 aliphatic heterocycles. The van der Waals surface area contributed by atoms with Gasteiger partial charge in [0.2, 0.25) is 5.75 Å². The minimum absolute atomic E-state index is 0.359. The van der Waals surface area contributed by atoms with Crippen molar-refractivity contribution in [2.75, 3.05) is 19.8 Å². The van der Waals surface area contributed by atoms with Gasteiger partial charge in [-0.25, -0.2) is 0 Å². The molecule has 0 aromatic heterocycles. The highest BCUT2D eigenvalue weighted by molar-refractivity contribution is 6.67. The van der Waals surface area contributed by atoms with E-state index < -0.39 is 229 Å². The van der Waals surface area contributed by atoms with E-state index in [-0.39, 0.29) is 12.1 Å². The lowest BCUT2D eigenvalue weighted by atomic mass is 9.88. The van der Waals surface area contributed by atoms with Crippen LogP contribution in [0.3, 0.4) is 0 Å². The van der Waals surface area contributed by atoms with Gasteiger partial charge in [0.1, 0.15) is 0 Å². The Morgan fingerprint density at radius 1 is 0.250 bits per heavy atom. The van der Waals surface area contributed by atoms with Crippen LogP contribution in [0, 0.1) is 0 Å². The molecule has 0 aliphatic rings. The van der Waals surface area contributed by atoms with E-state index in [9.17, 15) is 229 Å². The van der Waals surface area contributed by atoms with Gasteiger partial charge in [0.25, 0.3) is 5.24 Å². The minimum atomic E-state index is -9.25. The number of rotatable bonds is 34.